The Morgan fingerprint density at radius 1 is 1.44 bits per heavy atom. The molecular weight excluding hydrogens is 254 g/mol. The molecule has 100 valence electrons. The Morgan fingerprint density at radius 3 is 2.67 bits per heavy atom. The van der Waals surface area contributed by atoms with E-state index in [0.29, 0.717) is 23.7 Å². The van der Waals surface area contributed by atoms with E-state index in [1.807, 2.05) is 13.8 Å². The Kier molecular flexibility index (Phi) is 4.99. The van der Waals surface area contributed by atoms with E-state index in [0.717, 1.165) is 0 Å². The Labute approximate surface area is 112 Å². The predicted molar refractivity (Wildman–Crippen MR) is 72.4 cm³/mol. The fourth-order valence-electron chi connectivity index (χ4n) is 1.57. The molecule has 5 heteroatoms. The second-order valence-corrected chi connectivity index (χ2v) is 5.42. The van der Waals surface area contributed by atoms with Crippen molar-refractivity contribution in [2.45, 2.75) is 20.3 Å². The van der Waals surface area contributed by atoms with Crippen LogP contribution in [0, 0.1) is 5.41 Å². The highest BCUT2D eigenvalue weighted by molar-refractivity contribution is 6.31. The number of hydrogen-bond acceptors (Lipinski definition) is 3. The van der Waals surface area contributed by atoms with Gasteiger partial charge in [0.1, 0.15) is 0 Å². The van der Waals surface area contributed by atoms with Gasteiger partial charge in [0, 0.05) is 18.2 Å². The lowest BCUT2D eigenvalue weighted by molar-refractivity contribution is 0.0697. The van der Waals surface area contributed by atoms with Crippen molar-refractivity contribution in [3.63, 3.8) is 0 Å². The number of aliphatic hydroxyl groups excluding tert-OH is 1. The summed E-state index contributed by atoms with van der Waals surface area (Å²) in [5, 5.41) is 21.6. The number of carboxylic acids is 1. The fraction of sp³-hybridized carbons (Fsp3) is 0.462. The van der Waals surface area contributed by atoms with Gasteiger partial charge in [-0.25, -0.2) is 4.79 Å². The molecule has 1 aromatic carbocycles. The number of aliphatic hydroxyl groups is 1. The molecule has 0 aliphatic carbocycles. The molecule has 0 amide bonds. The lowest BCUT2D eigenvalue weighted by Crippen LogP contribution is -2.25. The van der Waals surface area contributed by atoms with Gasteiger partial charge >= 0.3 is 5.97 Å². The van der Waals surface area contributed by atoms with E-state index >= 15 is 0 Å². The lowest BCUT2D eigenvalue weighted by Gasteiger charge is -2.25. The average Bonchev–Trinajstić information content (AvgIpc) is 2.26. The van der Waals surface area contributed by atoms with Gasteiger partial charge in [-0.2, -0.15) is 0 Å². The Hall–Kier alpha value is -1.26. The van der Waals surface area contributed by atoms with Crippen LogP contribution in [-0.4, -0.2) is 29.3 Å². The third-order valence-corrected chi connectivity index (χ3v) is 2.99. The van der Waals surface area contributed by atoms with Crippen molar-refractivity contribution in [3.05, 3.63) is 28.8 Å². The van der Waals surface area contributed by atoms with Gasteiger partial charge in [-0.05, 0) is 30.0 Å². The van der Waals surface area contributed by atoms with Crippen LogP contribution in [0.2, 0.25) is 5.02 Å². The highest BCUT2D eigenvalue weighted by atomic mass is 35.5. The SMILES string of the molecule is CC(C)(CCO)CNc1cc(Cl)ccc1C(=O)O. The zero-order chi connectivity index (χ0) is 13.8. The Balaban J connectivity index is 2.83. The summed E-state index contributed by atoms with van der Waals surface area (Å²) in [4.78, 5) is 11.1. The maximum Gasteiger partial charge on any atom is 0.337 e. The van der Waals surface area contributed by atoms with Gasteiger partial charge in [-0.3, -0.25) is 0 Å². The minimum absolute atomic E-state index is 0.107. The number of hydrogen-bond donors (Lipinski definition) is 3. The van der Waals surface area contributed by atoms with Crippen molar-refractivity contribution >= 4 is 23.3 Å². The van der Waals surface area contributed by atoms with Gasteiger partial charge in [0.25, 0.3) is 0 Å². The molecule has 0 aliphatic heterocycles. The molecule has 0 saturated carbocycles. The first-order valence-electron chi connectivity index (χ1n) is 5.73. The third-order valence-electron chi connectivity index (χ3n) is 2.76. The Bertz CT molecular complexity index is 432. The van der Waals surface area contributed by atoms with E-state index in [4.69, 9.17) is 21.8 Å². The largest absolute Gasteiger partial charge is 0.478 e. The first kappa shape index (κ1) is 14.8. The number of benzene rings is 1. The van der Waals surface area contributed by atoms with Crippen LogP contribution in [0.25, 0.3) is 0 Å². The summed E-state index contributed by atoms with van der Waals surface area (Å²) in [7, 11) is 0. The van der Waals surface area contributed by atoms with Gasteiger partial charge in [-0.1, -0.05) is 25.4 Å². The molecule has 0 aliphatic rings. The van der Waals surface area contributed by atoms with E-state index in [9.17, 15) is 4.79 Å². The van der Waals surface area contributed by atoms with Crippen molar-refractivity contribution in [1.29, 1.82) is 0 Å². The molecule has 1 rings (SSSR count). The zero-order valence-corrected chi connectivity index (χ0v) is 11.3. The summed E-state index contributed by atoms with van der Waals surface area (Å²) in [6.07, 6.45) is 0.642. The molecule has 0 fully saturated rings. The van der Waals surface area contributed by atoms with Gasteiger partial charge in [0.15, 0.2) is 0 Å². The second-order valence-electron chi connectivity index (χ2n) is 4.99. The van der Waals surface area contributed by atoms with E-state index < -0.39 is 5.97 Å². The molecule has 3 N–H and O–H groups in total. The molecule has 0 spiro atoms. The minimum Gasteiger partial charge on any atom is -0.478 e. The smallest absolute Gasteiger partial charge is 0.337 e. The normalized spacial score (nSPS) is 11.3. The summed E-state index contributed by atoms with van der Waals surface area (Å²) < 4.78 is 0. The standard InChI is InChI=1S/C13H18ClNO3/c1-13(2,5-6-16)8-15-11-7-9(14)3-4-10(11)12(17)18/h3-4,7,15-16H,5-6,8H2,1-2H3,(H,17,18). The number of nitrogens with one attached hydrogen (secondary N) is 1. The number of anilines is 1. The quantitative estimate of drug-likeness (QED) is 0.744. The number of carbonyl (C=O) groups is 1. The Morgan fingerprint density at radius 2 is 2.11 bits per heavy atom. The summed E-state index contributed by atoms with van der Waals surface area (Å²) in [6, 6.07) is 4.63. The minimum atomic E-state index is -0.992. The van der Waals surface area contributed by atoms with Crippen LogP contribution in [0.4, 0.5) is 5.69 Å². The van der Waals surface area contributed by atoms with Crippen molar-refractivity contribution in [3.8, 4) is 0 Å². The number of rotatable bonds is 6. The molecule has 18 heavy (non-hydrogen) atoms. The van der Waals surface area contributed by atoms with Crippen LogP contribution in [-0.2, 0) is 0 Å². The molecule has 0 unspecified atom stereocenters. The summed E-state index contributed by atoms with van der Waals surface area (Å²) in [5.74, 6) is -0.992. The molecule has 4 nitrogen and oxygen atoms in total. The molecular formula is C13H18ClNO3. The number of halogens is 1. The van der Waals surface area contributed by atoms with Gasteiger partial charge < -0.3 is 15.5 Å². The highest BCUT2D eigenvalue weighted by Gasteiger charge is 2.18. The van der Waals surface area contributed by atoms with E-state index in [1.165, 1.54) is 6.07 Å². The van der Waals surface area contributed by atoms with Gasteiger partial charge in [0.2, 0.25) is 0 Å². The molecule has 0 radical (unpaired) electrons. The number of aromatic carboxylic acids is 1. The predicted octanol–water partition coefficient (Wildman–Crippen LogP) is 2.86. The summed E-state index contributed by atoms with van der Waals surface area (Å²) in [6.45, 7) is 4.67. The average molecular weight is 272 g/mol. The second kappa shape index (κ2) is 6.07. The molecule has 0 atom stereocenters. The topological polar surface area (TPSA) is 69.6 Å². The van der Waals surface area contributed by atoms with Crippen LogP contribution < -0.4 is 5.32 Å². The first-order valence-corrected chi connectivity index (χ1v) is 6.11. The van der Waals surface area contributed by atoms with Crippen LogP contribution in [0.3, 0.4) is 0 Å². The van der Waals surface area contributed by atoms with Crippen LogP contribution in [0.5, 0.6) is 0 Å². The lowest BCUT2D eigenvalue weighted by atomic mass is 9.89. The van der Waals surface area contributed by atoms with Crippen LogP contribution in [0.1, 0.15) is 30.6 Å². The maximum absolute atomic E-state index is 11.1. The van der Waals surface area contributed by atoms with Crippen LogP contribution in [0.15, 0.2) is 18.2 Å². The van der Waals surface area contributed by atoms with E-state index in [-0.39, 0.29) is 17.6 Å². The monoisotopic (exact) mass is 271 g/mol. The molecule has 0 bridgehead atoms. The van der Waals surface area contributed by atoms with E-state index in [1.54, 1.807) is 12.1 Å². The van der Waals surface area contributed by atoms with E-state index in [2.05, 4.69) is 5.32 Å². The molecule has 0 saturated heterocycles. The van der Waals surface area contributed by atoms with Crippen molar-refractivity contribution in [2.24, 2.45) is 5.41 Å². The summed E-state index contributed by atoms with van der Waals surface area (Å²) >= 11 is 5.86. The van der Waals surface area contributed by atoms with Crippen molar-refractivity contribution in [2.75, 3.05) is 18.5 Å². The van der Waals surface area contributed by atoms with Gasteiger partial charge in [-0.15, -0.1) is 0 Å². The number of carboxylic acid groups (broad SMARTS) is 1. The molecule has 0 aromatic heterocycles. The first-order chi connectivity index (χ1) is 8.35. The highest BCUT2D eigenvalue weighted by Crippen LogP contribution is 2.25. The van der Waals surface area contributed by atoms with Gasteiger partial charge in [0.05, 0.1) is 11.3 Å². The van der Waals surface area contributed by atoms with Crippen molar-refractivity contribution in [1.82, 2.24) is 0 Å². The van der Waals surface area contributed by atoms with Crippen molar-refractivity contribution < 1.29 is 15.0 Å². The summed E-state index contributed by atoms with van der Waals surface area (Å²) in [5.41, 5.74) is 0.576. The molecule has 1 aromatic rings. The zero-order valence-electron chi connectivity index (χ0n) is 10.5. The third kappa shape index (κ3) is 4.20. The maximum atomic E-state index is 11.1. The van der Waals surface area contributed by atoms with Crippen LogP contribution >= 0.6 is 11.6 Å². The fourth-order valence-corrected chi connectivity index (χ4v) is 1.75. The molecule has 0 heterocycles.